The minimum atomic E-state index is -0.711. The smallest absolute Gasteiger partial charge is 0.174 e. The quantitative estimate of drug-likeness (QED) is 0.736. The molecule has 1 aliphatic rings. The summed E-state index contributed by atoms with van der Waals surface area (Å²) < 4.78 is 5.84. The van der Waals surface area contributed by atoms with Crippen LogP contribution in [0.4, 0.5) is 0 Å². The van der Waals surface area contributed by atoms with E-state index in [0.29, 0.717) is 0 Å². The van der Waals surface area contributed by atoms with Crippen molar-refractivity contribution in [2.75, 3.05) is 0 Å². The summed E-state index contributed by atoms with van der Waals surface area (Å²) in [5.41, 5.74) is 0.349. The monoisotopic (exact) mass is 340 g/mol. The zero-order valence-electron chi connectivity index (χ0n) is 14.1. The van der Waals surface area contributed by atoms with E-state index in [-0.39, 0.29) is 46.3 Å². The molecule has 1 atom stereocenters. The second-order valence-electron chi connectivity index (χ2n) is 6.74. The van der Waals surface area contributed by atoms with Crippen LogP contribution >= 0.6 is 0 Å². The summed E-state index contributed by atoms with van der Waals surface area (Å²) in [7, 11) is 0. The molecule has 3 rings (SSSR count). The van der Waals surface area contributed by atoms with Gasteiger partial charge in [-0.25, -0.2) is 0 Å². The summed E-state index contributed by atoms with van der Waals surface area (Å²) in [5.74, 6) is -0.418. The molecular formula is C20H20O5. The standard InChI is InChI=1S/C20H20O5/c1-4-20(2,3)18-14(23)10-16-17(19(18)24)13(22)9-15(25-16)11-5-7-12(21)8-6-11/h4-8,10,15,21,23-24H,1,9H2,2-3H3. The van der Waals surface area contributed by atoms with Crippen LogP contribution in [-0.2, 0) is 5.41 Å². The molecule has 25 heavy (non-hydrogen) atoms. The third-order valence-electron chi connectivity index (χ3n) is 4.58. The molecule has 0 amide bonds. The lowest BCUT2D eigenvalue weighted by Crippen LogP contribution is -2.22. The average molecular weight is 340 g/mol. The van der Waals surface area contributed by atoms with Crippen molar-refractivity contribution in [3.63, 3.8) is 0 Å². The van der Waals surface area contributed by atoms with Gasteiger partial charge in [0.25, 0.3) is 0 Å². The van der Waals surface area contributed by atoms with Gasteiger partial charge in [-0.2, -0.15) is 0 Å². The summed E-state index contributed by atoms with van der Waals surface area (Å²) in [4.78, 5) is 12.6. The number of benzene rings is 2. The molecular weight excluding hydrogens is 320 g/mol. The maximum Gasteiger partial charge on any atom is 0.174 e. The summed E-state index contributed by atoms with van der Waals surface area (Å²) in [6, 6.07) is 7.74. The Labute approximate surface area is 145 Å². The van der Waals surface area contributed by atoms with Gasteiger partial charge in [-0.05, 0) is 17.7 Å². The molecule has 3 N–H and O–H groups in total. The van der Waals surface area contributed by atoms with Gasteiger partial charge in [0, 0.05) is 17.0 Å². The van der Waals surface area contributed by atoms with E-state index in [1.807, 2.05) is 0 Å². The Balaban J connectivity index is 2.07. The molecule has 1 aliphatic heterocycles. The van der Waals surface area contributed by atoms with Gasteiger partial charge < -0.3 is 20.1 Å². The molecule has 0 saturated heterocycles. The number of phenols is 3. The van der Waals surface area contributed by atoms with Crippen LogP contribution in [0.2, 0.25) is 0 Å². The van der Waals surface area contributed by atoms with Gasteiger partial charge in [0.1, 0.15) is 34.7 Å². The van der Waals surface area contributed by atoms with Gasteiger partial charge >= 0.3 is 0 Å². The number of ether oxygens (including phenoxy) is 1. The van der Waals surface area contributed by atoms with Crippen molar-refractivity contribution < 1.29 is 24.9 Å². The normalized spacial score (nSPS) is 16.9. The lowest BCUT2D eigenvalue weighted by molar-refractivity contribution is 0.0844. The second-order valence-corrected chi connectivity index (χ2v) is 6.74. The third kappa shape index (κ3) is 2.82. The molecule has 5 heteroatoms. The molecule has 5 nitrogen and oxygen atoms in total. The van der Waals surface area contributed by atoms with Crippen molar-refractivity contribution in [2.45, 2.75) is 31.8 Å². The van der Waals surface area contributed by atoms with E-state index in [0.717, 1.165) is 5.56 Å². The maximum absolute atomic E-state index is 12.6. The molecule has 130 valence electrons. The number of Topliss-reactive ketones (excluding diaryl/α,β-unsaturated/α-hetero) is 1. The molecule has 1 unspecified atom stereocenters. The van der Waals surface area contributed by atoms with E-state index in [2.05, 4.69) is 6.58 Å². The van der Waals surface area contributed by atoms with Crippen LogP contribution in [-0.4, -0.2) is 21.1 Å². The van der Waals surface area contributed by atoms with E-state index in [1.165, 1.54) is 18.2 Å². The first kappa shape index (κ1) is 16.9. The number of fused-ring (bicyclic) bond motifs is 1. The summed E-state index contributed by atoms with van der Waals surface area (Å²) in [5, 5.41) is 30.4. The highest BCUT2D eigenvalue weighted by atomic mass is 16.5. The number of rotatable bonds is 3. The Morgan fingerprint density at radius 1 is 1.20 bits per heavy atom. The molecule has 1 heterocycles. The number of hydrogen-bond donors (Lipinski definition) is 3. The average Bonchev–Trinajstić information content (AvgIpc) is 2.54. The summed E-state index contributed by atoms with van der Waals surface area (Å²) in [6.07, 6.45) is 1.11. The zero-order chi connectivity index (χ0) is 18.4. The molecule has 0 saturated carbocycles. The largest absolute Gasteiger partial charge is 0.508 e. The van der Waals surface area contributed by atoms with Gasteiger partial charge in [-0.1, -0.05) is 32.1 Å². The first-order chi connectivity index (χ1) is 11.7. The van der Waals surface area contributed by atoms with Crippen LogP contribution in [0.3, 0.4) is 0 Å². The van der Waals surface area contributed by atoms with Gasteiger partial charge in [-0.3, -0.25) is 4.79 Å². The third-order valence-corrected chi connectivity index (χ3v) is 4.58. The molecule has 0 aromatic heterocycles. The minimum absolute atomic E-state index is 0.0596. The molecule has 0 fully saturated rings. The SMILES string of the molecule is C=CC(C)(C)c1c(O)cc2c(c1O)C(=O)CC(c1ccc(O)cc1)O2. The fourth-order valence-electron chi connectivity index (χ4n) is 3.07. The predicted octanol–water partition coefficient (Wildman–Crippen LogP) is 3.97. The first-order valence-electron chi connectivity index (χ1n) is 7.96. The Morgan fingerprint density at radius 2 is 1.84 bits per heavy atom. The van der Waals surface area contributed by atoms with Crippen molar-refractivity contribution in [1.29, 1.82) is 0 Å². The van der Waals surface area contributed by atoms with E-state index < -0.39 is 11.5 Å². The van der Waals surface area contributed by atoms with Gasteiger partial charge in [0.2, 0.25) is 0 Å². The van der Waals surface area contributed by atoms with E-state index in [4.69, 9.17) is 4.74 Å². The Bertz CT molecular complexity index is 849. The van der Waals surface area contributed by atoms with Crippen LogP contribution in [0.1, 0.15) is 47.9 Å². The van der Waals surface area contributed by atoms with Crippen molar-refractivity contribution in [2.24, 2.45) is 0 Å². The summed E-state index contributed by atoms with van der Waals surface area (Å²) in [6.45, 7) is 7.29. The molecule has 2 aromatic carbocycles. The fraction of sp³-hybridized carbons (Fsp3) is 0.250. The highest BCUT2D eigenvalue weighted by Crippen LogP contribution is 2.48. The number of hydrogen-bond acceptors (Lipinski definition) is 5. The number of ketones is 1. The Kier molecular flexibility index (Phi) is 3.95. The highest BCUT2D eigenvalue weighted by Gasteiger charge is 2.35. The van der Waals surface area contributed by atoms with Crippen LogP contribution in [0.5, 0.6) is 23.0 Å². The fourth-order valence-corrected chi connectivity index (χ4v) is 3.07. The zero-order valence-corrected chi connectivity index (χ0v) is 14.1. The Morgan fingerprint density at radius 3 is 2.44 bits per heavy atom. The molecule has 0 bridgehead atoms. The lowest BCUT2D eigenvalue weighted by Gasteiger charge is -2.30. The highest BCUT2D eigenvalue weighted by molar-refractivity contribution is 6.03. The predicted molar refractivity (Wildman–Crippen MR) is 93.4 cm³/mol. The minimum Gasteiger partial charge on any atom is -0.508 e. The van der Waals surface area contributed by atoms with Crippen LogP contribution in [0.15, 0.2) is 43.0 Å². The lowest BCUT2D eigenvalue weighted by atomic mass is 9.81. The number of phenolic OH excluding ortho intramolecular Hbond substituents is 3. The second kappa shape index (κ2) is 5.84. The number of carbonyl (C=O) groups excluding carboxylic acids is 1. The molecule has 0 spiro atoms. The number of allylic oxidation sites excluding steroid dienone is 1. The van der Waals surface area contributed by atoms with Gasteiger partial charge in [0.05, 0.1) is 6.42 Å². The molecule has 2 aromatic rings. The van der Waals surface area contributed by atoms with E-state index in [9.17, 15) is 20.1 Å². The van der Waals surface area contributed by atoms with Crippen LogP contribution in [0, 0.1) is 0 Å². The van der Waals surface area contributed by atoms with Crippen molar-refractivity contribution in [1.82, 2.24) is 0 Å². The number of carbonyl (C=O) groups is 1. The van der Waals surface area contributed by atoms with Crippen LogP contribution in [0.25, 0.3) is 0 Å². The van der Waals surface area contributed by atoms with Crippen LogP contribution < -0.4 is 4.74 Å². The molecule has 0 radical (unpaired) electrons. The van der Waals surface area contributed by atoms with Crippen molar-refractivity contribution >= 4 is 5.78 Å². The van der Waals surface area contributed by atoms with Gasteiger partial charge in [-0.15, -0.1) is 6.58 Å². The van der Waals surface area contributed by atoms with E-state index in [1.54, 1.807) is 32.1 Å². The maximum atomic E-state index is 12.6. The van der Waals surface area contributed by atoms with E-state index >= 15 is 0 Å². The topological polar surface area (TPSA) is 87.0 Å². The first-order valence-corrected chi connectivity index (χ1v) is 7.96. The van der Waals surface area contributed by atoms with Gasteiger partial charge in [0.15, 0.2) is 5.78 Å². The number of aromatic hydroxyl groups is 3. The van der Waals surface area contributed by atoms with Crippen molar-refractivity contribution in [3.05, 3.63) is 59.7 Å². The molecule has 0 aliphatic carbocycles. The summed E-state index contributed by atoms with van der Waals surface area (Å²) >= 11 is 0. The Hall–Kier alpha value is -2.95. The van der Waals surface area contributed by atoms with Crippen molar-refractivity contribution in [3.8, 4) is 23.0 Å².